The van der Waals surface area contributed by atoms with Gasteiger partial charge < -0.3 is 10.1 Å². The highest BCUT2D eigenvalue weighted by molar-refractivity contribution is 6.31. The molecule has 3 rings (SSSR count). The van der Waals surface area contributed by atoms with Crippen LogP contribution in [-0.2, 0) is 6.18 Å². The van der Waals surface area contributed by atoms with Crippen molar-refractivity contribution in [1.82, 2.24) is 30.0 Å². The molecule has 0 unspecified atom stereocenters. The topological polar surface area (TPSA) is 94.8 Å². The van der Waals surface area contributed by atoms with Crippen molar-refractivity contribution in [2.24, 2.45) is 0 Å². The van der Waals surface area contributed by atoms with Crippen molar-refractivity contribution in [2.45, 2.75) is 32.2 Å². The monoisotopic (exact) mass is 476 g/mol. The maximum atomic E-state index is 13.0. The maximum absolute atomic E-state index is 13.0. The van der Waals surface area contributed by atoms with Crippen LogP contribution in [0.3, 0.4) is 0 Å². The first-order chi connectivity index (χ1) is 15.1. The number of hydrogen-bond donors (Lipinski definition) is 1. The average molecular weight is 477 g/mol. The highest BCUT2D eigenvalue weighted by Gasteiger charge is 2.32. The first-order valence-electron chi connectivity index (χ1n) is 8.94. The van der Waals surface area contributed by atoms with Gasteiger partial charge in [-0.25, -0.2) is 15.0 Å². The Morgan fingerprint density at radius 1 is 1.19 bits per heavy atom. The second-order valence-corrected chi connectivity index (χ2v) is 6.72. The molecule has 1 aromatic carbocycles. The zero-order valence-corrected chi connectivity index (χ0v) is 16.9. The number of carbonyl (C=O) groups excluding carboxylic acids is 1. The zero-order valence-electron chi connectivity index (χ0n) is 16.1. The largest absolute Gasteiger partial charge is 0.432 e. The van der Waals surface area contributed by atoms with Crippen LogP contribution in [0.1, 0.15) is 41.1 Å². The molecule has 2 heterocycles. The molecule has 0 fully saturated rings. The molecule has 0 saturated heterocycles. The highest BCUT2D eigenvalue weighted by Crippen LogP contribution is 2.32. The average Bonchev–Trinajstić information content (AvgIpc) is 3.20. The minimum absolute atomic E-state index is 0.0473. The van der Waals surface area contributed by atoms with Crippen LogP contribution in [0.4, 0.5) is 22.0 Å². The quantitative estimate of drug-likeness (QED) is 0.513. The van der Waals surface area contributed by atoms with Gasteiger partial charge in [-0.1, -0.05) is 18.5 Å². The molecule has 170 valence electrons. The number of benzene rings is 1. The molecular formula is C18H14ClF5N6O2. The molecule has 14 heteroatoms. The van der Waals surface area contributed by atoms with Gasteiger partial charge >= 0.3 is 12.8 Å². The lowest BCUT2D eigenvalue weighted by molar-refractivity contribution is -0.137. The minimum atomic E-state index is -4.68. The molecule has 8 nitrogen and oxygen atoms in total. The van der Waals surface area contributed by atoms with Crippen molar-refractivity contribution >= 4 is 17.5 Å². The Morgan fingerprint density at radius 3 is 2.47 bits per heavy atom. The van der Waals surface area contributed by atoms with Gasteiger partial charge in [0.1, 0.15) is 6.33 Å². The van der Waals surface area contributed by atoms with E-state index < -0.39 is 30.3 Å². The van der Waals surface area contributed by atoms with Gasteiger partial charge in [-0.05, 0) is 24.6 Å². The summed E-state index contributed by atoms with van der Waals surface area (Å²) in [6.07, 6.45) is -1.24. The first kappa shape index (κ1) is 23.3. The van der Waals surface area contributed by atoms with Crippen LogP contribution < -0.4 is 10.1 Å². The molecule has 0 aliphatic heterocycles. The molecule has 1 atom stereocenters. The Morgan fingerprint density at radius 2 is 1.88 bits per heavy atom. The van der Waals surface area contributed by atoms with E-state index in [2.05, 4.69) is 30.1 Å². The van der Waals surface area contributed by atoms with Gasteiger partial charge in [0.05, 0.1) is 24.0 Å². The lowest BCUT2D eigenvalue weighted by atomic mass is 10.1. The number of rotatable bonds is 7. The molecular weight excluding hydrogens is 463 g/mol. The fourth-order valence-electron chi connectivity index (χ4n) is 2.70. The van der Waals surface area contributed by atoms with Gasteiger partial charge in [0, 0.05) is 10.6 Å². The van der Waals surface area contributed by atoms with Gasteiger partial charge in [0.15, 0.2) is 11.6 Å². The van der Waals surface area contributed by atoms with Crippen molar-refractivity contribution in [2.75, 3.05) is 0 Å². The van der Waals surface area contributed by atoms with Crippen molar-refractivity contribution in [3.05, 3.63) is 58.9 Å². The van der Waals surface area contributed by atoms with E-state index in [0.29, 0.717) is 12.1 Å². The van der Waals surface area contributed by atoms with E-state index in [-0.39, 0.29) is 34.5 Å². The third-order valence-electron chi connectivity index (χ3n) is 4.12. The number of nitrogens with one attached hydrogen (secondary N) is 1. The van der Waals surface area contributed by atoms with Crippen molar-refractivity contribution in [1.29, 1.82) is 0 Å². The second kappa shape index (κ2) is 9.42. The number of ether oxygens (including phenoxy) is 1. The molecule has 1 N–H and O–H groups in total. The molecule has 3 aromatic rings. The number of nitrogens with zero attached hydrogens (tertiary/aromatic N) is 5. The van der Waals surface area contributed by atoms with Crippen LogP contribution in [-0.4, -0.2) is 37.3 Å². The summed E-state index contributed by atoms with van der Waals surface area (Å²) < 4.78 is 68.9. The lowest BCUT2D eigenvalue weighted by Crippen LogP contribution is -2.30. The first-order valence-corrected chi connectivity index (χ1v) is 9.32. The minimum Gasteiger partial charge on any atom is -0.432 e. The summed E-state index contributed by atoms with van der Waals surface area (Å²) in [5, 5.41) is 6.28. The normalized spacial score (nSPS) is 12.6. The number of aromatic nitrogens is 5. The number of hydrogen-bond acceptors (Lipinski definition) is 6. The van der Waals surface area contributed by atoms with E-state index in [4.69, 9.17) is 11.6 Å². The molecule has 0 radical (unpaired) electrons. The molecule has 0 bridgehead atoms. The van der Waals surface area contributed by atoms with Gasteiger partial charge in [-0.3, -0.25) is 4.79 Å². The third-order valence-corrected chi connectivity index (χ3v) is 4.33. The van der Waals surface area contributed by atoms with E-state index in [1.807, 2.05) is 0 Å². The smallest absolute Gasteiger partial charge is 0.416 e. The SMILES string of the molecule is CC[C@H](NC(=O)c1cc(Cl)cc(C(F)(F)F)c1)c1ncnn1-c1ncc(OC(F)F)cn1. The Bertz CT molecular complexity index is 1090. The molecule has 32 heavy (non-hydrogen) atoms. The summed E-state index contributed by atoms with van der Waals surface area (Å²) in [4.78, 5) is 24.4. The van der Waals surface area contributed by atoms with Gasteiger partial charge in [-0.2, -0.15) is 31.7 Å². The molecule has 0 aliphatic carbocycles. The van der Waals surface area contributed by atoms with Crippen molar-refractivity contribution in [3.63, 3.8) is 0 Å². The van der Waals surface area contributed by atoms with E-state index in [1.54, 1.807) is 6.92 Å². The Kier molecular flexibility index (Phi) is 6.87. The summed E-state index contributed by atoms with van der Waals surface area (Å²) in [6, 6.07) is 1.71. The molecule has 2 aromatic heterocycles. The van der Waals surface area contributed by atoms with Crippen LogP contribution in [0, 0.1) is 0 Å². The third kappa shape index (κ3) is 5.46. The predicted molar refractivity (Wildman–Crippen MR) is 101 cm³/mol. The Balaban J connectivity index is 1.84. The van der Waals surface area contributed by atoms with Crippen LogP contribution in [0.15, 0.2) is 36.9 Å². The van der Waals surface area contributed by atoms with Crippen LogP contribution >= 0.6 is 11.6 Å². The number of halogens is 6. The van der Waals surface area contributed by atoms with Crippen molar-refractivity contribution < 1.29 is 31.5 Å². The Labute approximate surface area is 182 Å². The summed E-state index contributed by atoms with van der Waals surface area (Å²) in [5.41, 5.74) is -1.36. The summed E-state index contributed by atoms with van der Waals surface area (Å²) in [7, 11) is 0. The summed E-state index contributed by atoms with van der Waals surface area (Å²) in [6.45, 7) is -1.35. The maximum Gasteiger partial charge on any atom is 0.416 e. The molecule has 0 saturated carbocycles. The van der Waals surface area contributed by atoms with Crippen LogP contribution in [0.25, 0.3) is 5.95 Å². The number of amides is 1. The molecule has 1 amide bonds. The second-order valence-electron chi connectivity index (χ2n) is 6.29. The van der Waals surface area contributed by atoms with Crippen LogP contribution in [0.2, 0.25) is 5.02 Å². The van der Waals surface area contributed by atoms with Crippen molar-refractivity contribution in [3.8, 4) is 11.7 Å². The standard InChI is InChI=1S/C18H14ClF5N6O2/c1-2-13(29-15(31)9-3-10(18(22,23)24)5-11(19)4-9)14-27-8-28-30(14)17-25-6-12(7-26-17)32-16(20)21/h3-8,13,16H,2H2,1H3,(H,29,31)/t13-/m0/s1. The van der Waals surface area contributed by atoms with E-state index in [0.717, 1.165) is 29.5 Å². The highest BCUT2D eigenvalue weighted by atomic mass is 35.5. The fraction of sp³-hybridized carbons (Fsp3) is 0.278. The summed E-state index contributed by atoms with van der Waals surface area (Å²) in [5.74, 6) is -0.969. The predicted octanol–water partition coefficient (Wildman–Crippen LogP) is 4.21. The van der Waals surface area contributed by atoms with Crippen LogP contribution in [0.5, 0.6) is 5.75 Å². The Hall–Kier alpha value is -3.35. The summed E-state index contributed by atoms with van der Waals surface area (Å²) >= 11 is 5.74. The van der Waals surface area contributed by atoms with Gasteiger partial charge in [0.2, 0.25) is 0 Å². The van der Waals surface area contributed by atoms with Gasteiger partial charge in [0.25, 0.3) is 11.9 Å². The number of carbonyl (C=O) groups is 1. The lowest BCUT2D eigenvalue weighted by Gasteiger charge is -2.17. The fourth-order valence-corrected chi connectivity index (χ4v) is 2.93. The van der Waals surface area contributed by atoms with E-state index in [9.17, 15) is 26.7 Å². The number of alkyl halides is 5. The zero-order chi connectivity index (χ0) is 23.5. The van der Waals surface area contributed by atoms with Gasteiger partial charge in [-0.15, -0.1) is 0 Å². The molecule has 0 spiro atoms. The molecule has 0 aliphatic rings. The van der Waals surface area contributed by atoms with E-state index in [1.165, 1.54) is 0 Å². The van der Waals surface area contributed by atoms with E-state index >= 15 is 0 Å².